The van der Waals surface area contributed by atoms with Gasteiger partial charge in [-0.2, -0.15) is 0 Å². The average molecular weight is 290 g/mol. The molecule has 1 N–H and O–H groups in total. The molecule has 20 heavy (non-hydrogen) atoms. The number of hydrogen-bond acceptors (Lipinski definition) is 2. The summed E-state index contributed by atoms with van der Waals surface area (Å²) >= 11 is 5.80. The quantitative estimate of drug-likeness (QED) is 0.917. The van der Waals surface area contributed by atoms with Gasteiger partial charge in [0, 0.05) is 11.6 Å². The summed E-state index contributed by atoms with van der Waals surface area (Å²) in [5.74, 6) is 0.540. The van der Waals surface area contributed by atoms with Crippen LogP contribution in [0.3, 0.4) is 0 Å². The van der Waals surface area contributed by atoms with Crippen molar-refractivity contribution < 1.29 is 9.53 Å². The Balaban J connectivity index is 1.75. The minimum absolute atomic E-state index is 0.0106. The van der Waals surface area contributed by atoms with Gasteiger partial charge in [0.1, 0.15) is 5.75 Å². The fourth-order valence-corrected chi connectivity index (χ4v) is 1.76. The maximum absolute atomic E-state index is 11.7. The van der Waals surface area contributed by atoms with Gasteiger partial charge >= 0.3 is 0 Å². The smallest absolute Gasteiger partial charge is 0.258 e. The lowest BCUT2D eigenvalue weighted by Crippen LogP contribution is -2.28. The van der Waals surface area contributed by atoms with Crippen molar-refractivity contribution >= 4 is 17.5 Å². The highest BCUT2D eigenvalue weighted by molar-refractivity contribution is 6.30. The number of carbonyl (C=O) groups excluding carboxylic acids is 1. The van der Waals surface area contributed by atoms with Crippen LogP contribution < -0.4 is 10.1 Å². The van der Waals surface area contributed by atoms with Crippen molar-refractivity contribution in [2.24, 2.45) is 0 Å². The van der Waals surface area contributed by atoms with Crippen LogP contribution in [-0.2, 0) is 11.3 Å². The number of amides is 1. The first kappa shape index (κ1) is 14.4. The van der Waals surface area contributed by atoms with E-state index in [-0.39, 0.29) is 12.5 Å². The van der Waals surface area contributed by atoms with Crippen LogP contribution in [0.5, 0.6) is 5.75 Å². The molecule has 2 aromatic carbocycles. The molecule has 104 valence electrons. The second kappa shape index (κ2) is 6.96. The van der Waals surface area contributed by atoms with Gasteiger partial charge in [0.25, 0.3) is 5.91 Å². The van der Waals surface area contributed by atoms with E-state index < -0.39 is 0 Å². The van der Waals surface area contributed by atoms with Crippen LogP contribution in [0.4, 0.5) is 0 Å². The third-order valence-electron chi connectivity index (χ3n) is 2.79. The Bertz CT molecular complexity index is 513. The van der Waals surface area contributed by atoms with Gasteiger partial charge in [0.2, 0.25) is 0 Å². The Morgan fingerprint density at radius 1 is 1.10 bits per heavy atom. The zero-order chi connectivity index (χ0) is 14.4. The molecule has 2 rings (SSSR count). The van der Waals surface area contributed by atoms with Crippen LogP contribution >= 0.6 is 11.6 Å². The van der Waals surface area contributed by atoms with Crippen LogP contribution in [0.1, 0.15) is 11.1 Å². The molecule has 0 aliphatic rings. The Kier molecular flexibility index (Phi) is 5.02. The van der Waals surface area contributed by atoms with Crippen molar-refractivity contribution in [3.05, 3.63) is 64.7 Å². The van der Waals surface area contributed by atoms with Gasteiger partial charge in [0.15, 0.2) is 6.61 Å². The fourth-order valence-electron chi connectivity index (χ4n) is 1.64. The van der Waals surface area contributed by atoms with Crippen molar-refractivity contribution in [3.63, 3.8) is 0 Å². The molecule has 0 fully saturated rings. The first-order valence-corrected chi connectivity index (χ1v) is 6.72. The average Bonchev–Trinajstić information content (AvgIpc) is 2.46. The SMILES string of the molecule is Cc1ccc(OCC(=O)NCc2ccc(Cl)cc2)cc1. The predicted molar refractivity (Wildman–Crippen MR) is 80.0 cm³/mol. The number of benzene rings is 2. The number of halogens is 1. The van der Waals surface area contributed by atoms with Crippen LogP contribution in [0.15, 0.2) is 48.5 Å². The molecule has 0 aliphatic carbocycles. The molecule has 0 aliphatic heterocycles. The largest absolute Gasteiger partial charge is 0.484 e. The van der Waals surface area contributed by atoms with E-state index in [4.69, 9.17) is 16.3 Å². The van der Waals surface area contributed by atoms with Gasteiger partial charge in [-0.25, -0.2) is 0 Å². The molecule has 4 heteroatoms. The van der Waals surface area contributed by atoms with E-state index in [1.807, 2.05) is 43.3 Å². The normalized spacial score (nSPS) is 10.1. The molecule has 0 saturated carbocycles. The van der Waals surface area contributed by atoms with Crippen LogP contribution in [0.2, 0.25) is 5.02 Å². The molecule has 0 heterocycles. The van der Waals surface area contributed by atoms with E-state index in [1.54, 1.807) is 12.1 Å². The molecule has 0 bridgehead atoms. The van der Waals surface area contributed by atoms with Gasteiger partial charge < -0.3 is 10.1 Å². The summed E-state index contributed by atoms with van der Waals surface area (Å²) in [5, 5.41) is 3.48. The summed E-state index contributed by atoms with van der Waals surface area (Å²) in [4.78, 5) is 11.7. The number of aryl methyl sites for hydroxylation is 1. The van der Waals surface area contributed by atoms with E-state index in [1.165, 1.54) is 0 Å². The van der Waals surface area contributed by atoms with Crippen molar-refractivity contribution in [1.29, 1.82) is 0 Å². The minimum atomic E-state index is -0.152. The molecular formula is C16H16ClNO2. The summed E-state index contributed by atoms with van der Waals surface area (Å²) in [6.07, 6.45) is 0. The van der Waals surface area contributed by atoms with E-state index in [9.17, 15) is 4.79 Å². The van der Waals surface area contributed by atoms with Crippen LogP contribution in [-0.4, -0.2) is 12.5 Å². The summed E-state index contributed by atoms with van der Waals surface area (Å²) < 4.78 is 5.40. The Hall–Kier alpha value is -2.00. The van der Waals surface area contributed by atoms with Gasteiger partial charge in [-0.3, -0.25) is 4.79 Å². The standard InChI is InChI=1S/C16H16ClNO2/c1-12-2-8-15(9-3-12)20-11-16(19)18-10-13-4-6-14(17)7-5-13/h2-9H,10-11H2,1H3,(H,18,19). The van der Waals surface area contributed by atoms with E-state index in [2.05, 4.69) is 5.32 Å². The highest BCUT2D eigenvalue weighted by Gasteiger charge is 2.02. The van der Waals surface area contributed by atoms with Crippen molar-refractivity contribution in [1.82, 2.24) is 5.32 Å². The Morgan fingerprint density at radius 2 is 1.75 bits per heavy atom. The van der Waals surface area contributed by atoms with Crippen molar-refractivity contribution in [2.75, 3.05) is 6.61 Å². The lowest BCUT2D eigenvalue weighted by atomic mass is 10.2. The number of hydrogen-bond donors (Lipinski definition) is 1. The summed E-state index contributed by atoms with van der Waals surface area (Å²) in [6.45, 7) is 2.48. The minimum Gasteiger partial charge on any atom is -0.484 e. The summed E-state index contributed by atoms with van der Waals surface area (Å²) in [7, 11) is 0. The first-order valence-electron chi connectivity index (χ1n) is 6.34. The van der Waals surface area contributed by atoms with Gasteiger partial charge in [0.05, 0.1) is 0 Å². The molecular weight excluding hydrogens is 274 g/mol. The number of carbonyl (C=O) groups is 1. The number of nitrogens with one attached hydrogen (secondary N) is 1. The monoisotopic (exact) mass is 289 g/mol. The van der Waals surface area contributed by atoms with Gasteiger partial charge in [-0.1, -0.05) is 41.4 Å². The zero-order valence-corrected chi connectivity index (χ0v) is 12.0. The second-order valence-corrected chi connectivity index (χ2v) is 4.94. The number of rotatable bonds is 5. The van der Waals surface area contributed by atoms with Crippen LogP contribution in [0, 0.1) is 6.92 Å². The third-order valence-corrected chi connectivity index (χ3v) is 3.05. The van der Waals surface area contributed by atoms with Gasteiger partial charge in [-0.05, 0) is 36.8 Å². The van der Waals surface area contributed by atoms with E-state index >= 15 is 0 Å². The molecule has 2 aromatic rings. The lowest BCUT2D eigenvalue weighted by Gasteiger charge is -2.08. The third kappa shape index (κ3) is 4.59. The number of ether oxygens (including phenoxy) is 1. The maximum atomic E-state index is 11.7. The molecule has 0 unspecified atom stereocenters. The predicted octanol–water partition coefficient (Wildman–Crippen LogP) is 3.34. The van der Waals surface area contributed by atoms with Crippen LogP contribution in [0.25, 0.3) is 0 Å². The molecule has 0 aromatic heterocycles. The maximum Gasteiger partial charge on any atom is 0.258 e. The van der Waals surface area contributed by atoms with Gasteiger partial charge in [-0.15, -0.1) is 0 Å². The second-order valence-electron chi connectivity index (χ2n) is 4.50. The summed E-state index contributed by atoms with van der Waals surface area (Å²) in [5.41, 5.74) is 2.16. The molecule has 3 nitrogen and oxygen atoms in total. The molecule has 0 saturated heterocycles. The lowest BCUT2D eigenvalue weighted by molar-refractivity contribution is -0.123. The molecule has 0 spiro atoms. The fraction of sp³-hybridized carbons (Fsp3) is 0.188. The molecule has 0 radical (unpaired) electrons. The van der Waals surface area contributed by atoms with E-state index in [0.717, 1.165) is 11.1 Å². The zero-order valence-electron chi connectivity index (χ0n) is 11.2. The Labute approximate surface area is 123 Å². The molecule has 0 atom stereocenters. The first-order chi connectivity index (χ1) is 9.63. The Morgan fingerprint density at radius 3 is 2.40 bits per heavy atom. The van der Waals surface area contributed by atoms with Crippen molar-refractivity contribution in [3.8, 4) is 5.75 Å². The van der Waals surface area contributed by atoms with E-state index in [0.29, 0.717) is 17.3 Å². The molecule has 1 amide bonds. The topological polar surface area (TPSA) is 38.3 Å². The highest BCUT2D eigenvalue weighted by atomic mass is 35.5. The highest BCUT2D eigenvalue weighted by Crippen LogP contribution is 2.11. The summed E-state index contributed by atoms with van der Waals surface area (Å²) in [6, 6.07) is 14.9. The van der Waals surface area contributed by atoms with Crippen molar-refractivity contribution in [2.45, 2.75) is 13.5 Å².